The van der Waals surface area contributed by atoms with Crippen LogP contribution in [0.25, 0.3) is 0 Å². The Morgan fingerprint density at radius 3 is 2.74 bits per heavy atom. The van der Waals surface area contributed by atoms with Gasteiger partial charge in [0.05, 0.1) is 7.11 Å². The minimum absolute atomic E-state index is 0.0119. The van der Waals surface area contributed by atoms with Crippen molar-refractivity contribution in [2.45, 2.75) is 44.2 Å². The van der Waals surface area contributed by atoms with Crippen molar-refractivity contribution >= 4 is 11.9 Å². The molecule has 1 saturated carbocycles. The largest absolute Gasteiger partial charge is 0.494 e. The van der Waals surface area contributed by atoms with Gasteiger partial charge in [0.2, 0.25) is 0 Å². The van der Waals surface area contributed by atoms with E-state index < -0.39 is 17.8 Å². The lowest BCUT2D eigenvalue weighted by Gasteiger charge is -2.33. The fourth-order valence-electron chi connectivity index (χ4n) is 3.91. The number of rotatable bonds is 3. The van der Waals surface area contributed by atoms with Gasteiger partial charge in [-0.15, -0.1) is 0 Å². The lowest BCUT2D eigenvalue weighted by molar-refractivity contribution is -0.141. The van der Waals surface area contributed by atoms with Gasteiger partial charge in [0.15, 0.2) is 11.6 Å². The molecule has 2 aliphatic rings. The second kappa shape index (κ2) is 6.18. The van der Waals surface area contributed by atoms with Crippen LogP contribution in [-0.4, -0.2) is 41.1 Å². The molecule has 6 heteroatoms. The summed E-state index contributed by atoms with van der Waals surface area (Å²) >= 11 is 0. The van der Waals surface area contributed by atoms with Crippen LogP contribution in [0.2, 0.25) is 0 Å². The number of benzene rings is 1. The summed E-state index contributed by atoms with van der Waals surface area (Å²) in [5.74, 6) is -1.64. The second-order valence-corrected chi connectivity index (χ2v) is 6.26. The Bertz CT molecular complexity index is 633. The highest BCUT2D eigenvalue weighted by Crippen LogP contribution is 2.40. The van der Waals surface area contributed by atoms with Gasteiger partial charge in [0, 0.05) is 11.6 Å². The van der Waals surface area contributed by atoms with Crippen LogP contribution in [-0.2, 0) is 4.79 Å². The molecule has 1 saturated heterocycles. The highest BCUT2D eigenvalue weighted by molar-refractivity contribution is 5.97. The van der Waals surface area contributed by atoms with Crippen molar-refractivity contribution in [1.82, 2.24) is 4.90 Å². The van der Waals surface area contributed by atoms with Crippen LogP contribution in [0, 0.1) is 11.7 Å². The summed E-state index contributed by atoms with van der Waals surface area (Å²) in [7, 11) is 1.33. The quantitative estimate of drug-likeness (QED) is 0.929. The third-order valence-electron chi connectivity index (χ3n) is 5.01. The smallest absolute Gasteiger partial charge is 0.326 e. The van der Waals surface area contributed by atoms with Crippen molar-refractivity contribution in [3.8, 4) is 5.75 Å². The molecule has 0 radical (unpaired) electrons. The molecule has 0 spiro atoms. The molecule has 23 heavy (non-hydrogen) atoms. The number of hydrogen-bond acceptors (Lipinski definition) is 3. The minimum atomic E-state index is -0.971. The lowest BCUT2D eigenvalue weighted by Crippen LogP contribution is -2.46. The number of fused-ring (bicyclic) bond motifs is 1. The predicted molar refractivity (Wildman–Crippen MR) is 80.9 cm³/mol. The third-order valence-corrected chi connectivity index (χ3v) is 5.01. The van der Waals surface area contributed by atoms with Crippen molar-refractivity contribution < 1.29 is 23.8 Å². The Morgan fingerprint density at radius 2 is 2.04 bits per heavy atom. The molecule has 1 aliphatic heterocycles. The minimum Gasteiger partial charge on any atom is -0.494 e. The fraction of sp³-hybridized carbons (Fsp3) is 0.529. The summed E-state index contributed by atoms with van der Waals surface area (Å²) < 4.78 is 18.5. The zero-order valence-corrected chi connectivity index (χ0v) is 13.0. The molecule has 124 valence electrons. The molecule has 1 amide bonds. The molecular formula is C17H20FNO4. The summed E-state index contributed by atoms with van der Waals surface area (Å²) in [5.41, 5.74) is 0.265. The second-order valence-electron chi connectivity index (χ2n) is 6.26. The van der Waals surface area contributed by atoms with Crippen molar-refractivity contribution in [3.05, 3.63) is 29.6 Å². The maximum Gasteiger partial charge on any atom is 0.326 e. The first kappa shape index (κ1) is 15.8. The van der Waals surface area contributed by atoms with Crippen LogP contribution in [0.5, 0.6) is 5.75 Å². The van der Waals surface area contributed by atoms with Crippen LogP contribution >= 0.6 is 0 Å². The molecule has 3 rings (SSSR count). The van der Waals surface area contributed by atoms with Crippen LogP contribution in [0.15, 0.2) is 18.2 Å². The molecule has 1 aromatic carbocycles. The molecule has 1 aliphatic carbocycles. The summed E-state index contributed by atoms with van der Waals surface area (Å²) in [6, 6.07) is 3.07. The Hall–Kier alpha value is -2.11. The van der Waals surface area contributed by atoms with Crippen LogP contribution < -0.4 is 4.74 Å². The predicted octanol–water partition coefficient (Wildman–Crippen LogP) is 2.69. The molecule has 0 aromatic heterocycles. The molecule has 3 unspecified atom stereocenters. The van der Waals surface area contributed by atoms with E-state index in [1.165, 1.54) is 30.2 Å². The number of amides is 1. The molecule has 5 nitrogen and oxygen atoms in total. The van der Waals surface area contributed by atoms with Crippen LogP contribution in [0.4, 0.5) is 4.39 Å². The number of carboxylic acids is 1. The Kier molecular flexibility index (Phi) is 4.24. The van der Waals surface area contributed by atoms with E-state index in [-0.39, 0.29) is 29.2 Å². The Balaban J connectivity index is 1.93. The van der Waals surface area contributed by atoms with E-state index in [1.54, 1.807) is 0 Å². The van der Waals surface area contributed by atoms with Gasteiger partial charge in [0.1, 0.15) is 6.04 Å². The fourth-order valence-corrected chi connectivity index (χ4v) is 3.91. The van der Waals surface area contributed by atoms with Crippen molar-refractivity contribution in [2.24, 2.45) is 5.92 Å². The standard InChI is InChI=1S/C17H20FNO4/c1-23-15-9-11(6-7-12(15)18)16(20)19-13-5-3-2-4-10(13)8-14(19)17(21)22/h6-7,9-10,13-14H,2-5,8H2,1H3,(H,21,22). The molecule has 0 bridgehead atoms. The van der Waals surface area contributed by atoms with E-state index in [4.69, 9.17) is 4.74 Å². The molecule has 1 aromatic rings. The number of ether oxygens (including phenoxy) is 1. The number of aliphatic carboxylic acids is 1. The highest BCUT2D eigenvalue weighted by atomic mass is 19.1. The first-order valence-corrected chi connectivity index (χ1v) is 7.92. The monoisotopic (exact) mass is 321 g/mol. The van der Waals surface area contributed by atoms with Gasteiger partial charge in [-0.25, -0.2) is 9.18 Å². The van der Waals surface area contributed by atoms with Crippen LogP contribution in [0.1, 0.15) is 42.5 Å². The Labute approximate surface area is 134 Å². The van der Waals surface area contributed by atoms with Gasteiger partial charge in [0.25, 0.3) is 5.91 Å². The van der Waals surface area contributed by atoms with Crippen molar-refractivity contribution in [1.29, 1.82) is 0 Å². The molecule has 1 N–H and O–H groups in total. The SMILES string of the molecule is COc1cc(C(=O)N2C(C(=O)O)CC3CCCCC32)ccc1F. The Morgan fingerprint density at radius 1 is 1.30 bits per heavy atom. The van der Waals surface area contributed by atoms with E-state index in [2.05, 4.69) is 0 Å². The van der Waals surface area contributed by atoms with Gasteiger partial charge in [-0.05, 0) is 43.4 Å². The average Bonchev–Trinajstić information content (AvgIpc) is 2.94. The summed E-state index contributed by atoms with van der Waals surface area (Å²) in [6.45, 7) is 0. The van der Waals surface area contributed by atoms with Crippen LogP contribution in [0.3, 0.4) is 0 Å². The molecular weight excluding hydrogens is 301 g/mol. The van der Waals surface area contributed by atoms with E-state index in [0.717, 1.165) is 25.7 Å². The van der Waals surface area contributed by atoms with E-state index in [9.17, 15) is 19.1 Å². The van der Waals surface area contributed by atoms with E-state index >= 15 is 0 Å². The van der Waals surface area contributed by atoms with Crippen molar-refractivity contribution in [3.63, 3.8) is 0 Å². The number of methoxy groups -OCH3 is 1. The number of carbonyl (C=O) groups is 2. The molecule has 2 fully saturated rings. The highest BCUT2D eigenvalue weighted by Gasteiger charge is 2.47. The van der Waals surface area contributed by atoms with Gasteiger partial charge in [-0.3, -0.25) is 4.79 Å². The van der Waals surface area contributed by atoms with Gasteiger partial charge in [-0.2, -0.15) is 0 Å². The number of nitrogens with zero attached hydrogens (tertiary/aromatic N) is 1. The van der Waals surface area contributed by atoms with Gasteiger partial charge in [-0.1, -0.05) is 12.8 Å². The zero-order valence-electron chi connectivity index (χ0n) is 13.0. The maximum atomic E-state index is 13.5. The number of hydrogen-bond donors (Lipinski definition) is 1. The van der Waals surface area contributed by atoms with E-state index in [1.807, 2.05) is 0 Å². The summed E-state index contributed by atoms with van der Waals surface area (Å²) in [6.07, 6.45) is 4.39. The van der Waals surface area contributed by atoms with E-state index in [0.29, 0.717) is 6.42 Å². The number of carbonyl (C=O) groups excluding carboxylic acids is 1. The maximum absolute atomic E-state index is 13.5. The van der Waals surface area contributed by atoms with Gasteiger partial charge >= 0.3 is 5.97 Å². The normalized spacial score (nSPS) is 26.7. The van der Waals surface area contributed by atoms with Crippen molar-refractivity contribution in [2.75, 3.05) is 7.11 Å². The number of carboxylic acid groups (broad SMARTS) is 1. The average molecular weight is 321 g/mol. The summed E-state index contributed by atoms with van der Waals surface area (Å²) in [5, 5.41) is 9.49. The lowest BCUT2D eigenvalue weighted by atomic mass is 9.84. The zero-order chi connectivity index (χ0) is 16.6. The number of halogens is 1. The topological polar surface area (TPSA) is 66.8 Å². The number of likely N-dealkylation sites (tertiary alicyclic amines) is 1. The first-order valence-electron chi connectivity index (χ1n) is 7.92. The summed E-state index contributed by atoms with van der Waals surface area (Å²) in [4.78, 5) is 26.0. The third kappa shape index (κ3) is 2.78. The van der Waals surface area contributed by atoms with Gasteiger partial charge < -0.3 is 14.7 Å². The molecule has 1 heterocycles. The first-order chi connectivity index (χ1) is 11.0. The molecule has 3 atom stereocenters.